The molecule has 2 aromatic rings. The zero-order valence-electron chi connectivity index (χ0n) is 9.06. The fraction of sp³-hybridized carbons (Fsp3) is 0. The number of carboxylic acids is 1. The average Bonchev–Trinajstić information content (AvgIpc) is 2.78. The Labute approximate surface area is 113 Å². The van der Waals surface area contributed by atoms with Crippen LogP contribution in [0.15, 0.2) is 40.8 Å². The van der Waals surface area contributed by atoms with Crippen molar-refractivity contribution in [2.24, 2.45) is 0 Å². The minimum absolute atomic E-state index is 0.405. The Bertz CT molecular complexity index is 614. The topological polar surface area (TPSA) is 50.4 Å². The van der Waals surface area contributed by atoms with E-state index >= 15 is 0 Å². The molecule has 2 rings (SSSR count). The maximum absolute atomic E-state index is 10.4. The molecule has 0 amide bonds. The lowest BCUT2D eigenvalue weighted by Crippen LogP contribution is -1.84. The van der Waals surface area contributed by atoms with Gasteiger partial charge in [-0.15, -0.1) is 0 Å². The van der Waals surface area contributed by atoms with Gasteiger partial charge in [0.1, 0.15) is 11.5 Å². The molecular weight excluding hydrogens is 275 g/mol. The third-order valence-corrected chi connectivity index (χ3v) is 3.05. The van der Waals surface area contributed by atoms with E-state index in [4.69, 9.17) is 32.7 Å². The number of halogens is 2. The van der Waals surface area contributed by atoms with E-state index < -0.39 is 5.97 Å². The average molecular weight is 283 g/mol. The number of hydrogen-bond acceptors (Lipinski definition) is 2. The van der Waals surface area contributed by atoms with Crippen LogP contribution in [-0.2, 0) is 4.79 Å². The van der Waals surface area contributed by atoms with Crippen LogP contribution >= 0.6 is 23.2 Å². The van der Waals surface area contributed by atoms with Gasteiger partial charge in [-0.3, -0.25) is 0 Å². The second-order valence-electron chi connectivity index (χ2n) is 3.47. The SMILES string of the molecule is O=C(O)/C=C/c1ccc(-c2cccc(Cl)c2Cl)o1. The smallest absolute Gasteiger partial charge is 0.328 e. The number of carbonyl (C=O) groups is 1. The van der Waals surface area contributed by atoms with E-state index in [1.165, 1.54) is 6.08 Å². The molecular formula is C13H8Cl2O3. The third-order valence-electron chi connectivity index (χ3n) is 2.23. The Balaban J connectivity index is 2.35. The molecule has 1 heterocycles. The summed E-state index contributed by atoms with van der Waals surface area (Å²) in [5, 5.41) is 9.36. The van der Waals surface area contributed by atoms with Crippen molar-refractivity contribution < 1.29 is 14.3 Å². The monoisotopic (exact) mass is 282 g/mol. The molecule has 0 aliphatic heterocycles. The van der Waals surface area contributed by atoms with Crippen LogP contribution in [0, 0.1) is 0 Å². The Hall–Kier alpha value is -1.71. The van der Waals surface area contributed by atoms with Crippen molar-refractivity contribution in [3.05, 3.63) is 52.2 Å². The lowest BCUT2D eigenvalue weighted by Gasteiger charge is -2.01. The number of furan rings is 1. The fourth-order valence-corrected chi connectivity index (χ4v) is 1.83. The molecule has 1 aromatic carbocycles. The first-order valence-corrected chi connectivity index (χ1v) is 5.79. The third kappa shape index (κ3) is 2.75. The summed E-state index contributed by atoms with van der Waals surface area (Å²) in [6, 6.07) is 8.59. The van der Waals surface area contributed by atoms with Gasteiger partial charge in [-0.1, -0.05) is 29.3 Å². The molecule has 0 saturated carbocycles. The van der Waals surface area contributed by atoms with E-state index in [0.717, 1.165) is 6.08 Å². The van der Waals surface area contributed by atoms with Gasteiger partial charge in [-0.2, -0.15) is 0 Å². The molecule has 1 N–H and O–H groups in total. The van der Waals surface area contributed by atoms with E-state index in [0.29, 0.717) is 27.1 Å². The summed E-state index contributed by atoms with van der Waals surface area (Å²) >= 11 is 12.0. The van der Waals surface area contributed by atoms with Crippen molar-refractivity contribution >= 4 is 35.2 Å². The quantitative estimate of drug-likeness (QED) is 0.852. The van der Waals surface area contributed by atoms with Crippen LogP contribution in [0.4, 0.5) is 0 Å². The summed E-state index contributed by atoms with van der Waals surface area (Å²) in [6.07, 6.45) is 2.37. The second-order valence-corrected chi connectivity index (χ2v) is 4.26. The highest BCUT2D eigenvalue weighted by Crippen LogP contribution is 2.34. The maximum Gasteiger partial charge on any atom is 0.328 e. The molecule has 0 atom stereocenters. The van der Waals surface area contributed by atoms with Crippen LogP contribution in [0.3, 0.4) is 0 Å². The van der Waals surface area contributed by atoms with Crippen LogP contribution < -0.4 is 0 Å². The predicted molar refractivity (Wildman–Crippen MR) is 70.8 cm³/mol. The molecule has 0 spiro atoms. The highest BCUT2D eigenvalue weighted by Gasteiger charge is 2.10. The molecule has 0 saturated heterocycles. The van der Waals surface area contributed by atoms with E-state index in [1.807, 2.05) is 0 Å². The van der Waals surface area contributed by atoms with Crippen molar-refractivity contribution in [1.82, 2.24) is 0 Å². The molecule has 5 heteroatoms. The van der Waals surface area contributed by atoms with Gasteiger partial charge in [0, 0.05) is 11.6 Å². The van der Waals surface area contributed by atoms with Crippen LogP contribution in [0.5, 0.6) is 0 Å². The molecule has 0 bridgehead atoms. The van der Waals surface area contributed by atoms with Crippen LogP contribution in [0.1, 0.15) is 5.76 Å². The Kier molecular flexibility index (Phi) is 3.75. The summed E-state index contributed by atoms with van der Waals surface area (Å²) in [5.41, 5.74) is 0.666. The summed E-state index contributed by atoms with van der Waals surface area (Å²) in [5.74, 6) is -0.0651. The lowest BCUT2D eigenvalue weighted by atomic mass is 10.2. The number of rotatable bonds is 3. The maximum atomic E-state index is 10.4. The predicted octanol–water partition coefficient (Wildman–Crippen LogP) is 4.35. The van der Waals surface area contributed by atoms with E-state index in [2.05, 4.69) is 0 Å². The number of hydrogen-bond donors (Lipinski definition) is 1. The van der Waals surface area contributed by atoms with Gasteiger partial charge in [0.15, 0.2) is 0 Å². The summed E-state index contributed by atoms with van der Waals surface area (Å²) < 4.78 is 5.46. The molecule has 1 aromatic heterocycles. The van der Waals surface area contributed by atoms with Crippen LogP contribution in [0.25, 0.3) is 17.4 Å². The largest absolute Gasteiger partial charge is 0.478 e. The summed E-state index contributed by atoms with van der Waals surface area (Å²) in [6.45, 7) is 0. The Morgan fingerprint density at radius 3 is 2.72 bits per heavy atom. The molecule has 92 valence electrons. The van der Waals surface area contributed by atoms with Gasteiger partial charge in [0.25, 0.3) is 0 Å². The van der Waals surface area contributed by atoms with Gasteiger partial charge in [-0.05, 0) is 30.3 Å². The van der Waals surface area contributed by atoms with E-state index in [-0.39, 0.29) is 0 Å². The van der Waals surface area contributed by atoms with Crippen molar-refractivity contribution in [2.75, 3.05) is 0 Å². The van der Waals surface area contributed by atoms with Crippen LogP contribution in [0.2, 0.25) is 10.0 Å². The summed E-state index contributed by atoms with van der Waals surface area (Å²) in [4.78, 5) is 10.4. The van der Waals surface area contributed by atoms with Crippen molar-refractivity contribution in [3.63, 3.8) is 0 Å². The molecule has 0 fully saturated rings. The van der Waals surface area contributed by atoms with E-state index in [1.54, 1.807) is 30.3 Å². The van der Waals surface area contributed by atoms with Crippen LogP contribution in [-0.4, -0.2) is 11.1 Å². The fourth-order valence-electron chi connectivity index (χ4n) is 1.43. The first-order valence-electron chi connectivity index (χ1n) is 5.03. The lowest BCUT2D eigenvalue weighted by molar-refractivity contribution is -0.131. The molecule has 18 heavy (non-hydrogen) atoms. The van der Waals surface area contributed by atoms with Crippen molar-refractivity contribution in [2.45, 2.75) is 0 Å². The molecule has 0 radical (unpaired) electrons. The molecule has 3 nitrogen and oxygen atoms in total. The summed E-state index contributed by atoms with van der Waals surface area (Å²) in [7, 11) is 0. The highest BCUT2D eigenvalue weighted by molar-refractivity contribution is 6.43. The number of carboxylic acid groups (broad SMARTS) is 1. The zero-order chi connectivity index (χ0) is 13.1. The van der Waals surface area contributed by atoms with Gasteiger partial charge in [-0.25, -0.2) is 4.79 Å². The second kappa shape index (κ2) is 5.29. The number of benzene rings is 1. The highest BCUT2D eigenvalue weighted by atomic mass is 35.5. The van der Waals surface area contributed by atoms with Gasteiger partial charge < -0.3 is 9.52 Å². The first-order chi connectivity index (χ1) is 8.58. The van der Waals surface area contributed by atoms with Gasteiger partial charge in [0.05, 0.1) is 10.0 Å². The van der Waals surface area contributed by atoms with E-state index in [9.17, 15) is 4.79 Å². The molecule has 0 unspecified atom stereocenters. The minimum Gasteiger partial charge on any atom is -0.478 e. The zero-order valence-corrected chi connectivity index (χ0v) is 10.6. The van der Waals surface area contributed by atoms with Crippen molar-refractivity contribution in [3.8, 4) is 11.3 Å². The Morgan fingerprint density at radius 1 is 1.22 bits per heavy atom. The molecule has 0 aliphatic carbocycles. The minimum atomic E-state index is -1.03. The van der Waals surface area contributed by atoms with Gasteiger partial charge >= 0.3 is 5.97 Å². The van der Waals surface area contributed by atoms with Crippen molar-refractivity contribution in [1.29, 1.82) is 0 Å². The number of aliphatic carboxylic acids is 1. The Morgan fingerprint density at radius 2 is 2.00 bits per heavy atom. The first kappa shape index (κ1) is 12.7. The standard InChI is InChI=1S/C13H8Cl2O3/c14-10-3-1-2-9(13(10)15)11-6-4-8(18-11)5-7-12(16)17/h1-7H,(H,16,17)/b7-5+. The normalized spacial score (nSPS) is 11.0. The van der Waals surface area contributed by atoms with Gasteiger partial charge in [0.2, 0.25) is 0 Å². The molecule has 0 aliphatic rings.